The Morgan fingerprint density at radius 3 is 2.33 bits per heavy atom. The van der Waals surface area contributed by atoms with E-state index in [1.54, 1.807) is 0 Å². The molecule has 0 unspecified atom stereocenters. The molecule has 1 aromatic carbocycles. The van der Waals surface area contributed by atoms with Crippen LogP contribution in [0, 0.1) is 13.8 Å². The molecule has 5 heteroatoms. The first-order valence-corrected chi connectivity index (χ1v) is 7.55. The highest BCUT2D eigenvalue weighted by Gasteiger charge is 2.26. The van der Waals surface area contributed by atoms with E-state index in [1.807, 2.05) is 39.1 Å². The quantitative estimate of drug-likeness (QED) is 0.878. The molecular weight excluding hydrogens is 284 g/mol. The standard InChI is InChI=1S/C16H19ClN4/c1-9-6-12(17)7-10(2)15(9)20-14-8-13(11-4-5-11)19-16(18-3)21-14/h6-8,11H,4-5H2,1-3H3,(H2,18,19,20,21). The molecule has 1 fully saturated rings. The number of aryl methyl sites for hydroxylation is 2. The van der Waals surface area contributed by atoms with Crippen LogP contribution in [0.15, 0.2) is 18.2 Å². The van der Waals surface area contributed by atoms with E-state index in [0.29, 0.717) is 11.9 Å². The van der Waals surface area contributed by atoms with Gasteiger partial charge in [0.25, 0.3) is 0 Å². The molecule has 1 saturated carbocycles. The van der Waals surface area contributed by atoms with Gasteiger partial charge >= 0.3 is 0 Å². The van der Waals surface area contributed by atoms with Crippen molar-refractivity contribution in [2.45, 2.75) is 32.6 Å². The molecule has 110 valence electrons. The molecule has 0 amide bonds. The summed E-state index contributed by atoms with van der Waals surface area (Å²) < 4.78 is 0. The van der Waals surface area contributed by atoms with E-state index in [0.717, 1.165) is 33.3 Å². The summed E-state index contributed by atoms with van der Waals surface area (Å²) in [6.45, 7) is 4.09. The highest BCUT2D eigenvalue weighted by atomic mass is 35.5. The minimum Gasteiger partial charge on any atom is -0.357 e. The molecular formula is C16H19ClN4. The molecule has 1 aromatic heterocycles. The maximum absolute atomic E-state index is 6.08. The Kier molecular flexibility index (Phi) is 3.72. The minimum atomic E-state index is 0.591. The number of nitrogens with one attached hydrogen (secondary N) is 2. The van der Waals surface area contributed by atoms with E-state index in [-0.39, 0.29) is 0 Å². The maximum atomic E-state index is 6.08. The first-order valence-electron chi connectivity index (χ1n) is 7.17. The predicted molar refractivity (Wildman–Crippen MR) is 87.8 cm³/mol. The van der Waals surface area contributed by atoms with Crippen molar-refractivity contribution in [1.82, 2.24) is 9.97 Å². The van der Waals surface area contributed by atoms with Crippen molar-refractivity contribution >= 4 is 29.1 Å². The molecule has 1 aliphatic carbocycles. The largest absolute Gasteiger partial charge is 0.357 e. The molecule has 3 rings (SSSR count). The van der Waals surface area contributed by atoms with Gasteiger partial charge in [0.1, 0.15) is 5.82 Å². The van der Waals surface area contributed by atoms with Crippen molar-refractivity contribution in [3.8, 4) is 0 Å². The number of benzene rings is 1. The fraction of sp³-hybridized carbons (Fsp3) is 0.375. The van der Waals surface area contributed by atoms with E-state index in [4.69, 9.17) is 11.6 Å². The monoisotopic (exact) mass is 302 g/mol. The molecule has 0 atom stereocenters. The average molecular weight is 303 g/mol. The van der Waals surface area contributed by atoms with Gasteiger partial charge in [-0.2, -0.15) is 4.98 Å². The van der Waals surface area contributed by atoms with Crippen LogP contribution < -0.4 is 10.6 Å². The van der Waals surface area contributed by atoms with Gasteiger partial charge in [0.05, 0.1) is 5.69 Å². The molecule has 0 radical (unpaired) electrons. The second-order valence-electron chi connectivity index (χ2n) is 5.57. The molecule has 0 aliphatic heterocycles. The SMILES string of the molecule is CNc1nc(Nc2c(C)cc(Cl)cc2C)cc(C2CC2)n1. The molecule has 0 saturated heterocycles. The van der Waals surface area contributed by atoms with E-state index in [2.05, 4.69) is 20.6 Å². The summed E-state index contributed by atoms with van der Waals surface area (Å²) in [7, 11) is 1.84. The lowest BCUT2D eigenvalue weighted by atomic mass is 10.1. The van der Waals surface area contributed by atoms with Gasteiger partial charge in [0, 0.05) is 29.7 Å². The van der Waals surface area contributed by atoms with Gasteiger partial charge in [-0.05, 0) is 49.9 Å². The Balaban J connectivity index is 1.96. The van der Waals surface area contributed by atoms with Gasteiger partial charge in [-0.1, -0.05) is 11.6 Å². The first-order chi connectivity index (χ1) is 10.1. The third-order valence-electron chi connectivity index (χ3n) is 3.72. The molecule has 4 nitrogen and oxygen atoms in total. The van der Waals surface area contributed by atoms with Crippen LogP contribution in [0.3, 0.4) is 0 Å². The zero-order chi connectivity index (χ0) is 15.0. The second kappa shape index (κ2) is 5.53. The zero-order valence-corrected chi connectivity index (χ0v) is 13.3. The third kappa shape index (κ3) is 3.10. The van der Waals surface area contributed by atoms with Crippen molar-refractivity contribution in [2.24, 2.45) is 0 Å². The summed E-state index contributed by atoms with van der Waals surface area (Å²) in [6, 6.07) is 5.96. The van der Waals surface area contributed by atoms with Gasteiger partial charge < -0.3 is 10.6 Å². The van der Waals surface area contributed by atoms with Crippen LogP contribution in [0.5, 0.6) is 0 Å². The Morgan fingerprint density at radius 2 is 1.76 bits per heavy atom. The molecule has 2 N–H and O–H groups in total. The number of nitrogens with zero attached hydrogens (tertiary/aromatic N) is 2. The minimum absolute atomic E-state index is 0.591. The van der Waals surface area contributed by atoms with Crippen LogP contribution in [0.2, 0.25) is 5.02 Å². The van der Waals surface area contributed by atoms with Crippen molar-refractivity contribution < 1.29 is 0 Å². The summed E-state index contributed by atoms with van der Waals surface area (Å²) in [4.78, 5) is 9.03. The van der Waals surface area contributed by atoms with Crippen LogP contribution >= 0.6 is 11.6 Å². The number of hydrogen-bond acceptors (Lipinski definition) is 4. The topological polar surface area (TPSA) is 49.8 Å². The predicted octanol–water partition coefficient (Wildman–Crippen LogP) is 4.41. The zero-order valence-electron chi connectivity index (χ0n) is 12.5. The van der Waals surface area contributed by atoms with E-state index >= 15 is 0 Å². The highest BCUT2D eigenvalue weighted by molar-refractivity contribution is 6.30. The van der Waals surface area contributed by atoms with Crippen LogP contribution in [0.25, 0.3) is 0 Å². The maximum Gasteiger partial charge on any atom is 0.224 e. The molecule has 0 spiro atoms. The highest BCUT2D eigenvalue weighted by Crippen LogP contribution is 2.40. The lowest BCUT2D eigenvalue weighted by Crippen LogP contribution is -2.04. The van der Waals surface area contributed by atoms with Crippen LogP contribution in [-0.2, 0) is 0 Å². The fourth-order valence-corrected chi connectivity index (χ4v) is 2.79. The number of hydrogen-bond donors (Lipinski definition) is 2. The average Bonchev–Trinajstić information content (AvgIpc) is 3.27. The Labute approximate surface area is 130 Å². The van der Waals surface area contributed by atoms with E-state index < -0.39 is 0 Å². The Hall–Kier alpha value is -1.81. The second-order valence-corrected chi connectivity index (χ2v) is 6.00. The summed E-state index contributed by atoms with van der Waals surface area (Å²) in [5.41, 5.74) is 4.39. The number of anilines is 3. The fourth-order valence-electron chi connectivity index (χ4n) is 2.47. The number of rotatable bonds is 4. The van der Waals surface area contributed by atoms with Crippen molar-refractivity contribution in [3.63, 3.8) is 0 Å². The summed E-state index contributed by atoms with van der Waals surface area (Å²) in [5.74, 6) is 2.07. The normalized spacial score (nSPS) is 14.1. The van der Waals surface area contributed by atoms with Gasteiger partial charge in [0.15, 0.2) is 0 Å². The lowest BCUT2D eigenvalue weighted by Gasteiger charge is -2.14. The first kappa shape index (κ1) is 14.1. The van der Waals surface area contributed by atoms with Crippen molar-refractivity contribution in [2.75, 3.05) is 17.7 Å². The molecule has 0 bridgehead atoms. The Morgan fingerprint density at radius 1 is 1.10 bits per heavy atom. The van der Waals surface area contributed by atoms with E-state index in [1.165, 1.54) is 12.8 Å². The molecule has 1 heterocycles. The van der Waals surface area contributed by atoms with Crippen LogP contribution in [0.4, 0.5) is 17.5 Å². The molecule has 1 aliphatic rings. The summed E-state index contributed by atoms with van der Waals surface area (Å²) in [5, 5.41) is 7.20. The van der Waals surface area contributed by atoms with Crippen molar-refractivity contribution in [1.29, 1.82) is 0 Å². The van der Waals surface area contributed by atoms with Crippen LogP contribution in [-0.4, -0.2) is 17.0 Å². The van der Waals surface area contributed by atoms with Gasteiger partial charge in [-0.3, -0.25) is 0 Å². The smallest absolute Gasteiger partial charge is 0.224 e. The molecule has 21 heavy (non-hydrogen) atoms. The summed E-state index contributed by atoms with van der Waals surface area (Å²) >= 11 is 6.08. The number of halogens is 1. The third-order valence-corrected chi connectivity index (χ3v) is 3.93. The summed E-state index contributed by atoms with van der Waals surface area (Å²) in [6.07, 6.45) is 2.44. The lowest BCUT2D eigenvalue weighted by molar-refractivity contribution is 0.991. The van der Waals surface area contributed by atoms with Crippen molar-refractivity contribution in [3.05, 3.63) is 40.0 Å². The molecule has 2 aromatic rings. The van der Waals surface area contributed by atoms with Gasteiger partial charge in [-0.25, -0.2) is 4.98 Å². The number of aromatic nitrogens is 2. The van der Waals surface area contributed by atoms with Gasteiger partial charge in [-0.15, -0.1) is 0 Å². The van der Waals surface area contributed by atoms with E-state index in [9.17, 15) is 0 Å². The van der Waals surface area contributed by atoms with Crippen LogP contribution in [0.1, 0.15) is 35.6 Å². The Bertz CT molecular complexity index is 657. The van der Waals surface area contributed by atoms with Gasteiger partial charge in [0.2, 0.25) is 5.95 Å².